The molecule has 1 saturated carbocycles. The molecule has 0 unspecified atom stereocenters. The lowest BCUT2D eigenvalue weighted by Gasteiger charge is -2.34. The van der Waals surface area contributed by atoms with Gasteiger partial charge in [-0.2, -0.15) is 0 Å². The van der Waals surface area contributed by atoms with Crippen molar-refractivity contribution in [3.05, 3.63) is 100 Å². The second kappa shape index (κ2) is 13.5. The minimum Gasteiger partial charge on any atom is -0.352 e. The number of carbonyl (C=O) groups is 2. The van der Waals surface area contributed by atoms with Crippen LogP contribution in [0.1, 0.15) is 36.8 Å². The molecule has 7 nitrogen and oxygen atoms in total. The molecule has 10 heteroatoms. The highest BCUT2D eigenvalue weighted by molar-refractivity contribution is 7.92. The molecule has 4 rings (SSSR count). The maximum atomic E-state index is 14.1. The van der Waals surface area contributed by atoms with Crippen molar-refractivity contribution in [2.75, 3.05) is 17.1 Å². The van der Waals surface area contributed by atoms with Crippen molar-refractivity contribution in [3.8, 4) is 0 Å². The third-order valence-corrected chi connectivity index (χ3v) is 8.56. The summed E-state index contributed by atoms with van der Waals surface area (Å²) in [6, 6.07) is 22.4. The van der Waals surface area contributed by atoms with Crippen LogP contribution >= 0.6 is 23.2 Å². The Morgan fingerprint density at radius 2 is 1.45 bits per heavy atom. The number of rotatable bonds is 11. The van der Waals surface area contributed by atoms with Gasteiger partial charge < -0.3 is 10.2 Å². The molecular weight excluding hydrogens is 569 g/mol. The minimum atomic E-state index is -3.91. The van der Waals surface area contributed by atoms with Crippen molar-refractivity contribution in [2.45, 2.75) is 50.7 Å². The van der Waals surface area contributed by atoms with Gasteiger partial charge in [0.1, 0.15) is 12.6 Å². The van der Waals surface area contributed by atoms with Gasteiger partial charge in [0.15, 0.2) is 0 Å². The summed E-state index contributed by atoms with van der Waals surface area (Å²) >= 11 is 12.3. The number of carbonyl (C=O) groups excluding carboxylic acids is 2. The van der Waals surface area contributed by atoms with E-state index in [0.29, 0.717) is 0 Å². The third-order valence-electron chi connectivity index (χ3n) is 6.98. The normalized spacial score (nSPS) is 14.5. The van der Waals surface area contributed by atoms with Crippen LogP contribution in [0.25, 0.3) is 0 Å². The number of hydrogen-bond donors (Lipinski definition) is 1. The molecule has 0 aliphatic heterocycles. The van der Waals surface area contributed by atoms with Crippen LogP contribution in [0.5, 0.6) is 0 Å². The van der Waals surface area contributed by atoms with Crippen LogP contribution in [0.2, 0.25) is 10.0 Å². The van der Waals surface area contributed by atoms with Crippen molar-refractivity contribution in [2.24, 2.45) is 0 Å². The van der Waals surface area contributed by atoms with E-state index in [1.807, 2.05) is 60.7 Å². The van der Waals surface area contributed by atoms with Crippen molar-refractivity contribution >= 4 is 50.7 Å². The largest absolute Gasteiger partial charge is 0.352 e. The Morgan fingerprint density at radius 1 is 0.900 bits per heavy atom. The number of hydrogen-bond acceptors (Lipinski definition) is 4. The van der Waals surface area contributed by atoms with E-state index in [1.54, 1.807) is 0 Å². The number of halogens is 2. The zero-order valence-electron chi connectivity index (χ0n) is 22.3. The maximum Gasteiger partial charge on any atom is 0.244 e. The highest BCUT2D eigenvalue weighted by Crippen LogP contribution is 2.28. The Bertz CT molecular complexity index is 1400. The predicted octanol–water partition coefficient (Wildman–Crippen LogP) is 5.46. The van der Waals surface area contributed by atoms with E-state index in [2.05, 4.69) is 5.32 Å². The monoisotopic (exact) mass is 601 g/mol. The van der Waals surface area contributed by atoms with Gasteiger partial charge in [0.2, 0.25) is 21.8 Å². The summed E-state index contributed by atoms with van der Waals surface area (Å²) in [6.45, 7) is -0.395. The molecule has 1 aliphatic rings. The molecule has 0 saturated heterocycles. The maximum absolute atomic E-state index is 14.1. The van der Waals surface area contributed by atoms with Gasteiger partial charge >= 0.3 is 0 Å². The molecule has 2 amide bonds. The zero-order chi connectivity index (χ0) is 28.7. The topological polar surface area (TPSA) is 86.8 Å². The highest BCUT2D eigenvalue weighted by atomic mass is 35.5. The van der Waals surface area contributed by atoms with Gasteiger partial charge in [-0.25, -0.2) is 8.42 Å². The lowest BCUT2D eigenvalue weighted by atomic mass is 10.0. The Kier molecular flexibility index (Phi) is 10.1. The first-order chi connectivity index (χ1) is 19.1. The molecule has 3 aromatic rings. The molecule has 1 fully saturated rings. The number of anilines is 1. The summed E-state index contributed by atoms with van der Waals surface area (Å²) in [6.07, 6.45) is 5.19. The molecule has 212 valence electrons. The van der Waals surface area contributed by atoms with E-state index >= 15 is 0 Å². The van der Waals surface area contributed by atoms with Gasteiger partial charge in [0, 0.05) is 29.1 Å². The molecule has 40 heavy (non-hydrogen) atoms. The fourth-order valence-electron chi connectivity index (χ4n) is 5.00. The SMILES string of the molecule is CS(=O)(=O)N(CC(=O)N(Cc1ccccc1)[C@H](Cc1ccccc1)C(=O)NC1CCCC1)c1cc(Cl)cc(Cl)c1. The van der Waals surface area contributed by atoms with Crippen LogP contribution < -0.4 is 9.62 Å². The summed E-state index contributed by atoms with van der Waals surface area (Å²) in [5, 5.41) is 3.63. The quantitative estimate of drug-likeness (QED) is 0.316. The van der Waals surface area contributed by atoms with Crippen molar-refractivity contribution in [1.29, 1.82) is 0 Å². The average Bonchev–Trinajstić information content (AvgIpc) is 3.42. The Morgan fingerprint density at radius 3 is 2.00 bits per heavy atom. The summed E-state index contributed by atoms with van der Waals surface area (Å²) in [5.74, 6) is -0.774. The number of sulfonamides is 1. The molecular formula is C30H33Cl2N3O4S. The van der Waals surface area contributed by atoms with E-state index in [9.17, 15) is 18.0 Å². The summed E-state index contributed by atoms with van der Waals surface area (Å²) in [5.41, 5.74) is 1.88. The predicted molar refractivity (Wildman–Crippen MR) is 160 cm³/mol. The van der Waals surface area contributed by atoms with Crippen LogP contribution in [0.3, 0.4) is 0 Å². The van der Waals surface area contributed by atoms with Crippen molar-refractivity contribution in [3.63, 3.8) is 0 Å². The number of amides is 2. The second-order valence-corrected chi connectivity index (χ2v) is 12.9. The first kappa shape index (κ1) is 29.9. The molecule has 0 aromatic heterocycles. The van der Waals surface area contributed by atoms with Crippen molar-refractivity contribution < 1.29 is 18.0 Å². The average molecular weight is 603 g/mol. The molecule has 3 aromatic carbocycles. The minimum absolute atomic E-state index is 0.0561. The molecule has 0 bridgehead atoms. The van der Waals surface area contributed by atoms with Gasteiger partial charge in [-0.1, -0.05) is 96.7 Å². The van der Waals surface area contributed by atoms with Crippen LogP contribution in [0.4, 0.5) is 5.69 Å². The number of nitrogens with one attached hydrogen (secondary N) is 1. The Labute approximate surface area is 246 Å². The smallest absolute Gasteiger partial charge is 0.244 e. The van der Waals surface area contributed by atoms with E-state index in [0.717, 1.165) is 47.4 Å². The standard InChI is InChI=1S/C30H33Cl2N3O4S/c1-40(38,39)35(27-18-24(31)17-25(32)19-27)21-29(36)34(20-23-12-6-3-7-13-23)28(16-22-10-4-2-5-11-22)30(37)33-26-14-8-9-15-26/h2-7,10-13,17-19,26,28H,8-9,14-16,20-21H2,1H3,(H,33,37)/t28-/m1/s1. The second-order valence-electron chi connectivity index (χ2n) is 10.1. The molecule has 0 heterocycles. The molecule has 0 radical (unpaired) electrons. The fraction of sp³-hybridized carbons (Fsp3) is 0.333. The number of benzene rings is 3. The first-order valence-corrected chi connectivity index (χ1v) is 15.8. The Hall–Kier alpha value is -3.07. The summed E-state index contributed by atoms with van der Waals surface area (Å²) < 4.78 is 26.7. The molecule has 1 atom stereocenters. The van der Waals surface area contributed by atoms with Crippen LogP contribution in [0, 0.1) is 0 Å². The van der Waals surface area contributed by atoms with Gasteiger partial charge in [-0.05, 0) is 42.2 Å². The van der Waals surface area contributed by atoms with Crippen LogP contribution in [0.15, 0.2) is 78.9 Å². The van der Waals surface area contributed by atoms with Gasteiger partial charge in [0.05, 0.1) is 11.9 Å². The lowest BCUT2D eigenvalue weighted by molar-refractivity contribution is -0.140. The molecule has 1 aliphatic carbocycles. The van der Waals surface area contributed by atoms with Gasteiger partial charge in [0.25, 0.3) is 0 Å². The van der Waals surface area contributed by atoms with Crippen molar-refractivity contribution in [1.82, 2.24) is 10.2 Å². The van der Waals surface area contributed by atoms with E-state index in [-0.39, 0.29) is 40.6 Å². The van der Waals surface area contributed by atoms with Crippen LogP contribution in [-0.2, 0) is 32.6 Å². The lowest BCUT2D eigenvalue weighted by Crippen LogP contribution is -2.54. The highest BCUT2D eigenvalue weighted by Gasteiger charge is 2.34. The van der Waals surface area contributed by atoms with E-state index in [4.69, 9.17) is 23.2 Å². The van der Waals surface area contributed by atoms with E-state index < -0.39 is 28.5 Å². The number of nitrogens with zero attached hydrogens (tertiary/aromatic N) is 2. The van der Waals surface area contributed by atoms with Crippen LogP contribution in [-0.4, -0.2) is 50.0 Å². The molecule has 1 N–H and O–H groups in total. The fourth-order valence-corrected chi connectivity index (χ4v) is 6.35. The summed E-state index contributed by atoms with van der Waals surface area (Å²) in [4.78, 5) is 29.4. The van der Waals surface area contributed by atoms with E-state index in [1.165, 1.54) is 23.1 Å². The van der Waals surface area contributed by atoms with Gasteiger partial charge in [-0.15, -0.1) is 0 Å². The Balaban J connectivity index is 1.72. The first-order valence-electron chi connectivity index (χ1n) is 13.2. The summed E-state index contributed by atoms with van der Waals surface area (Å²) in [7, 11) is -3.91. The molecule has 0 spiro atoms. The third kappa shape index (κ3) is 8.22. The zero-order valence-corrected chi connectivity index (χ0v) is 24.6. The van der Waals surface area contributed by atoms with Gasteiger partial charge in [-0.3, -0.25) is 13.9 Å².